The van der Waals surface area contributed by atoms with E-state index in [0.29, 0.717) is 13.0 Å². The van der Waals surface area contributed by atoms with E-state index in [1.54, 1.807) is 20.8 Å². The van der Waals surface area contributed by atoms with Crippen molar-refractivity contribution in [3.8, 4) is 0 Å². The highest BCUT2D eigenvalue weighted by Gasteiger charge is 2.31. The number of hydrogen-bond acceptors (Lipinski definition) is 2. The fourth-order valence-electron chi connectivity index (χ4n) is 1.50. The molecular weight excluding hydrogens is 193 g/mol. The van der Waals surface area contributed by atoms with Crippen molar-refractivity contribution in [1.29, 1.82) is 0 Å². The Morgan fingerprint density at radius 3 is 2.07 bits per heavy atom. The predicted molar refractivity (Wildman–Crippen MR) is 51.0 cm³/mol. The summed E-state index contributed by atoms with van der Waals surface area (Å²) >= 11 is 0. The Morgan fingerprint density at radius 1 is 1.29 bits per heavy atom. The average Bonchev–Trinajstić information content (AvgIpc) is 1.96. The third-order valence-electron chi connectivity index (χ3n) is 2.12. The van der Waals surface area contributed by atoms with Gasteiger partial charge in [0.1, 0.15) is 0 Å². The lowest BCUT2D eigenvalue weighted by Gasteiger charge is -2.29. The lowest BCUT2D eigenvalue weighted by atomic mass is 10.1. The van der Waals surface area contributed by atoms with Crippen LogP contribution < -0.4 is 5.73 Å². The number of rotatable bonds is 5. The molecule has 0 radical (unpaired) electrons. The van der Waals surface area contributed by atoms with Crippen molar-refractivity contribution in [3.63, 3.8) is 0 Å². The van der Waals surface area contributed by atoms with Crippen molar-refractivity contribution in [2.45, 2.75) is 45.5 Å². The molecule has 0 saturated heterocycles. The van der Waals surface area contributed by atoms with Gasteiger partial charge in [0.25, 0.3) is 0 Å². The van der Waals surface area contributed by atoms with Crippen molar-refractivity contribution in [2.75, 3.05) is 13.1 Å². The van der Waals surface area contributed by atoms with Crippen LogP contribution in [0.1, 0.15) is 27.2 Å². The zero-order valence-corrected chi connectivity index (χ0v) is 8.93. The minimum absolute atomic E-state index is 0.0627. The third kappa shape index (κ3) is 6.21. The van der Waals surface area contributed by atoms with Gasteiger partial charge in [-0.25, -0.2) is 0 Å². The van der Waals surface area contributed by atoms with Crippen molar-refractivity contribution in [3.05, 3.63) is 0 Å². The summed E-state index contributed by atoms with van der Waals surface area (Å²) in [5.74, 6) is 0. The molecule has 0 aromatic carbocycles. The number of nitrogens with two attached hydrogens (primary N) is 1. The Bertz CT molecular complexity index is 157. The van der Waals surface area contributed by atoms with E-state index >= 15 is 0 Å². The normalized spacial score (nSPS) is 17.1. The molecule has 14 heavy (non-hydrogen) atoms. The molecule has 0 aromatic heterocycles. The molecule has 0 bridgehead atoms. The summed E-state index contributed by atoms with van der Waals surface area (Å²) in [5, 5.41) is 0. The van der Waals surface area contributed by atoms with Gasteiger partial charge in [-0.05, 0) is 26.8 Å². The Morgan fingerprint density at radius 2 is 1.79 bits per heavy atom. The van der Waals surface area contributed by atoms with Gasteiger partial charge in [-0.3, -0.25) is 4.90 Å². The third-order valence-corrected chi connectivity index (χ3v) is 2.12. The van der Waals surface area contributed by atoms with Gasteiger partial charge in [0, 0.05) is 12.1 Å². The average molecular weight is 212 g/mol. The number of halogens is 3. The molecule has 0 saturated carbocycles. The van der Waals surface area contributed by atoms with Crippen LogP contribution in [0.5, 0.6) is 0 Å². The molecule has 2 nitrogen and oxygen atoms in total. The molecule has 0 amide bonds. The largest absolute Gasteiger partial charge is 0.401 e. The first-order chi connectivity index (χ1) is 6.26. The zero-order valence-electron chi connectivity index (χ0n) is 8.93. The minimum atomic E-state index is -4.12. The maximum absolute atomic E-state index is 12.1. The molecule has 0 fully saturated rings. The first kappa shape index (κ1) is 13.7. The fraction of sp³-hybridized carbons (Fsp3) is 1.00. The summed E-state index contributed by atoms with van der Waals surface area (Å²) in [6.45, 7) is 4.85. The quantitative estimate of drug-likeness (QED) is 0.755. The number of alkyl halides is 3. The van der Waals surface area contributed by atoms with Crippen molar-refractivity contribution >= 4 is 0 Å². The van der Waals surface area contributed by atoms with Crippen LogP contribution in [-0.2, 0) is 0 Å². The first-order valence-electron chi connectivity index (χ1n) is 4.82. The fourth-order valence-corrected chi connectivity index (χ4v) is 1.50. The topological polar surface area (TPSA) is 29.3 Å². The summed E-state index contributed by atoms with van der Waals surface area (Å²) < 4.78 is 36.4. The lowest BCUT2D eigenvalue weighted by molar-refractivity contribution is -0.150. The predicted octanol–water partition coefficient (Wildman–Crippen LogP) is 2.00. The van der Waals surface area contributed by atoms with Gasteiger partial charge >= 0.3 is 6.18 Å². The van der Waals surface area contributed by atoms with Crippen LogP contribution in [0.4, 0.5) is 13.2 Å². The molecule has 0 spiro atoms. The minimum Gasteiger partial charge on any atom is -0.328 e. The van der Waals surface area contributed by atoms with E-state index in [4.69, 9.17) is 5.73 Å². The number of hydrogen-bond donors (Lipinski definition) is 1. The van der Waals surface area contributed by atoms with E-state index in [-0.39, 0.29) is 12.1 Å². The van der Waals surface area contributed by atoms with Gasteiger partial charge in [-0.1, -0.05) is 6.92 Å². The van der Waals surface area contributed by atoms with Gasteiger partial charge in [0.05, 0.1) is 6.54 Å². The molecule has 0 rings (SSSR count). The summed E-state index contributed by atoms with van der Waals surface area (Å²) in [4.78, 5) is 1.39. The molecule has 2 atom stereocenters. The molecule has 0 aliphatic heterocycles. The van der Waals surface area contributed by atoms with Gasteiger partial charge in [-0.15, -0.1) is 0 Å². The second-order valence-electron chi connectivity index (χ2n) is 3.74. The van der Waals surface area contributed by atoms with E-state index in [0.717, 1.165) is 0 Å². The Hall–Kier alpha value is -0.290. The summed E-state index contributed by atoms with van der Waals surface area (Å²) in [6.07, 6.45) is -3.54. The summed E-state index contributed by atoms with van der Waals surface area (Å²) in [5.41, 5.74) is 5.54. The maximum atomic E-state index is 12.1. The molecule has 86 valence electrons. The Labute approximate surface area is 83.3 Å². The van der Waals surface area contributed by atoms with Gasteiger partial charge in [0.2, 0.25) is 0 Å². The molecular formula is C9H19F3N2. The van der Waals surface area contributed by atoms with Crippen LogP contribution >= 0.6 is 0 Å². The monoisotopic (exact) mass is 212 g/mol. The maximum Gasteiger partial charge on any atom is 0.401 e. The highest BCUT2D eigenvalue weighted by atomic mass is 19.4. The Balaban J connectivity index is 4.12. The number of nitrogens with zero attached hydrogens (tertiary/aromatic N) is 1. The highest BCUT2D eigenvalue weighted by Crippen LogP contribution is 2.18. The van der Waals surface area contributed by atoms with Gasteiger partial charge in [0.15, 0.2) is 0 Å². The van der Waals surface area contributed by atoms with Gasteiger partial charge in [-0.2, -0.15) is 13.2 Å². The van der Waals surface area contributed by atoms with E-state index in [1.165, 1.54) is 4.90 Å². The van der Waals surface area contributed by atoms with Crippen molar-refractivity contribution < 1.29 is 13.2 Å². The van der Waals surface area contributed by atoms with E-state index in [1.807, 2.05) is 0 Å². The van der Waals surface area contributed by atoms with Crippen LogP contribution in [0.15, 0.2) is 0 Å². The smallest absolute Gasteiger partial charge is 0.328 e. The van der Waals surface area contributed by atoms with Crippen molar-refractivity contribution in [2.24, 2.45) is 5.73 Å². The van der Waals surface area contributed by atoms with Crippen LogP contribution in [0, 0.1) is 0 Å². The standard InChI is InChI=1S/C9H19F3N2/c1-4-14(6-9(10,11)12)8(3)5-7(2)13/h7-8H,4-6,13H2,1-3H3. The van der Waals surface area contributed by atoms with Crippen LogP contribution in [-0.4, -0.2) is 36.2 Å². The van der Waals surface area contributed by atoms with Crippen LogP contribution in [0.2, 0.25) is 0 Å². The molecule has 0 heterocycles. The lowest BCUT2D eigenvalue weighted by Crippen LogP contribution is -2.42. The van der Waals surface area contributed by atoms with E-state index in [2.05, 4.69) is 0 Å². The molecule has 0 aliphatic rings. The van der Waals surface area contributed by atoms with Crippen molar-refractivity contribution in [1.82, 2.24) is 4.90 Å². The van der Waals surface area contributed by atoms with Crippen LogP contribution in [0.25, 0.3) is 0 Å². The first-order valence-corrected chi connectivity index (χ1v) is 4.82. The second-order valence-corrected chi connectivity index (χ2v) is 3.74. The highest BCUT2D eigenvalue weighted by molar-refractivity contribution is 4.72. The Kier molecular flexibility index (Phi) is 5.44. The molecule has 0 aromatic rings. The van der Waals surface area contributed by atoms with E-state index < -0.39 is 12.7 Å². The molecule has 5 heteroatoms. The van der Waals surface area contributed by atoms with E-state index in [9.17, 15) is 13.2 Å². The zero-order chi connectivity index (χ0) is 11.4. The van der Waals surface area contributed by atoms with Gasteiger partial charge < -0.3 is 5.73 Å². The molecule has 2 N–H and O–H groups in total. The molecule has 2 unspecified atom stereocenters. The summed E-state index contributed by atoms with van der Waals surface area (Å²) in [6, 6.07) is -0.186. The second kappa shape index (κ2) is 5.56. The summed E-state index contributed by atoms with van der Waals surface area (Å²) in [7, 11) is 0. The SMILES string of the molecule is CCN(CC(F)(F)F)C(C)CC(C)N. The van der Waals surface area contributed by atoms with Crippen LogP contribution in [0.3, 0.4) is 0 Å². The molecule has 0 aliphatic carbocycles.